The van der Waals surface area contributed by atoms with Crippen LogP contribution in [0.15, 0.2) is 77.1 Å². The van der Waals surface area contributed by atoms with E-state index in [0.29, 0.717) is 55.3 Å². The summed E-state index contributed by atoms with van der Waals surface area (Å²) in [4.78, 5) is 27.0. The molecule has 1 N–H and O–H groups in total. The van der Waals surface area contributed by atoms with Crippen LogP contribution in [0.4, 0.5) is 0 Å². The molecule has 2 aromatic carbocycles. The number of rotatable bonds is 9. The topological polar surface area (TPSA) is 73.9 Å². The van der Waals surface area contributed by atoms with Crippen LogP contribution in [0.2, 0.25) is 0 Å². The minimum atomic E-state index is -0.558. The van der Waals surface area contributed by atoms with Gasteiger partial charge in [-0.2, -0.15) is 0 Å². The predicted molar refractivity (Wildman–Crippen MR) is 134 cm³/mol. The van der Waals surface area contributed by atoms with Gasteiger partial charge in [0, 0.05) is 35.6 Å². The van der Waals surface area contributed by atoms with Crippen molar-refractivity contribution >= 4 is 11.8 Å². The Morgan fingerprint density at radius 2 is 1.71 bits per heavy atom. The number of nitrogens with one attached hydrogen (secondary N) is 1. The first-order valence-corrected chi connectivity index (χ1v) is 12.3. The maximum atomic E-state index is 13.7. The fraction of sp³-hybridized carbons (Fsp3) is 0.379. The summed E-state index contributed by atoms with van der Waals surface area (Å²) in [6.07, 6.45) is 1.09. The zero-order valence-electron chi connectivity index (χ0n) is 20.6. The third kappa shape index (κ3) is 5.33. The Labute approximate surface area is 207 Å². The Kier molecular flexibility index (Phi) is 8.03. The summed E-state index contributed by atoms with van der Waals surface area (Å²) in [6, 6.07) is 17.7. The molecule has 2 aromatic rings. The minimum absolute atomic E-state index is 0.0380. The van der Waals surface area contributed by atoms with E-state index in [4.69, 9.17) is 14.2 Å². The summed E-state index contributed by atoms with van der Waals surface area (Å²) in [7, 11) is 0. The molecule has 1 aliphatic carbocycles. The number of ether oxygens (including phenoxy) is 3. The second-order valence-electron chi connectivity index (χ2n) is 8.73. The van der Waals surface area contributed by atoms with Gasteiger partial charge in [0.1, 0.15) is 12.4 Å². The second kappa shape index (κ2) is 11.4. The molecule has 0 bridgehead atoms. The Hall–Kier alpha value is -3.38. The first-order valence-electron chi connectivity index (χ1n) is 12.3. The summed E-state index contributed by atoms with van der Waals surface area (Å²) >= 11 is 0. The van der Waals surface area contributed by atoms with Crippen molar-refractivity contribution in [2.45, 2.75) is 45.4 Å². The van der Waals surface area contributed by atoms with Gasteiger partial charge in [0.05, 0.1) is 24.7 Å². The van der Waals surface area contributed by atoms with Gasteiger partial charge in [-0.05, 0) is 44.7 Å². The molecule has 6 heteroatoms. The lowest BCUT2D eigenvalue weighted by atomic mass is 9.71. The molecule has 6 nitrogen and oxygen atoms in total. The number of benzene rings is 2. The van der Waals surface area contributed by atoms with Crippen molar-refractivity contribution in [1.29, 1.82) is 0 Å². The zero-order valence-corrected chi connectivity index (χ0v) is 20.6. The molecule has 0 unspecified atom stereocenters. The first kappa shape index (κ1) is 24.7. The van der Waals surface area contributed by atoms with E-state index in [1.807, 2.05) is 63.2 Å². The Balaban J connectivity index is 1.76. The van der Waals surface area contributed by atoms with E-state index in [2.05, 4.69) is 17.4 Å². The zero-order chi connectivity index (χ0) is 24.8. The Morgan fingerprint density at radius 3 is 2.46 bits per heavy atom. The molecule has 0 fully saturated rings. The number of hydrogen-bond donors (Lipinski definition) is 1. The maximum Gasteiger partial charge on any atom is 0.336 e. The van der Waals surface area contributed by atoms with E-state index < -0.39 is 11.9 Å². The molecule has 0 saturated heterocycles. The molecule has 35 heavy (non-hydrogen) atoms. The molecule has 0 aromatic heterocycles. The lowest BCUT2D eigenvalue weighted by Gasteiger charge is -2.37. The highest BCUT2D eigenvalue weighted by molar-refractivity contribution is 6.04. The van der Waals surface area contributed by atoms with Gasteiger partial charge < -0.3 is 19.5 Å². The van der Waals surface area contributed by atoms with Crippen molar-refractivity contribution < 1.29 is 23.8 Å². The quantitative estimate of drug-likeness (QED) is 0.405. The van der Waals surface area contributed by atoms with E-state index in [0.717, 1.165) is 16.8 Å². The van der Waals surface area contributed by atoms with Crippen molar-refractivity contribution in [3.63, 3.8) is 0 Å². The number of para-hydroxylation sites is 1. The molecular weight excluding hydrogens is 442 g/mol. The summed E-state index contributed by atoms with van der Waals surface area (Å²) in [5, 5.41) is 3.40. The highest BCUT2D eigenvalue weighted by atomic mass is 16.6. The Bertz CT molecular complexity index is 1130. The number of ketones is 1. The molecule has 1 heterocycles. The summed E-state index contributed by atoms with van der Waals surface area (Å²) in [5.74, 6) is -0.214. The van der Waals surface area contributed by atoms with Crippen molar-refractivity contribution in [1.82, 2.24) is 5.32 Å². The van der Waals surface area contributed by atoms with Crippen LogP contribution >= 0.6 is 0 Å². The van der Waals surface area contributed by atoms with Gasteiger partial charge in [0.15, 0.2) is 5.78 Å². The van der Waals surface area contributed by atoms with E-state index in [-0.39, 0.29) is 18.3 Å². The molecule has 0 amide bonds. The minimum Gasteiger partial charge on any atom is -0.494 e. The van der Waals surface area contributed by atoms with Crippen molar-refractivity contribution in [2.75, 3.05) is 26.4 Å². The third-order valence-corrected chi connectivity index (χ3v) is 6.51. The van der Waals surface area contributed by atoms with Gasteiger partial charge in [-0.1, -0.05) is 48.5 Å². The SMILES string of the molecule is CCOCCOC(=O)C1=C(C)NC2=C(C(=O)C[C@@H](c3ccccc3)C2)[C@H]1c1ccccc1OCC. The van der Waals surface area contributed by atoms with Gasteiger partial charge in [-0.25, -0.2) is 4.79 Å². The lowest BCUT2D eigenvalue weighted by Crippen LogP contribution is -2.36. The molecule has 2 atom stereocenters. The average molecular weight is 476 g/mol. The summed E-state index contributed by atoms with van der Waals surface area (Å²) < 4.78 is 16.8. The van der Waals surface area contributed by atoms with E-state index in [1.165, 1.54) is 0 Å². The molecule has 184 valence electrons. The molecular formula is C29H33NO5. The monoisotopic (exact) mass is 475 g/mol. The summed E-state index contributed by atoms with van der Waals surface area (Å²) in [5.41, 5.74) is 4.58. The van der Waals surface area contributed by atoms with Gasteiger partial charge in [-0.15, -0.1) is 0 Å². The lowest BCUT2D eigenvalue weighted by molar-refractivity contribution is -0.140. The van der Waals surface area contributed by atoms with Crippen LogP contribution in [0.1, 0.15) is 56.6 Å². The van der Waals surface area contributed by atoms with Crippen LogP contribution in [0.25, 0.3) is 0 Å². The normalized spacial score (nSPS) is 19.8. The smallest absolute Gasteiger partial charge is 0.336 e. The maximum absolute atomic E-state index is 13.7. The molecule has 1 aliphatic heterocycles. The highest BCUT2D eigenvalue weighted by Gasteiger charge is 2.42. The van der Waals surface area contributed by atoms with Crippen LogP contribution < -0.4 is 10.1 Å². The fourth-order valence-corrected chi connectivity index (χ4v) is 5.00. The van der Waals surface area contributed by atoms with Gasteiger partial charge >= 0.3 is 5.97 Å². The predicted octanol–water partition coefficient (Wildman–Crippen LogP) is 5.03. The average Bonchev–Trinajstić information content (AvgIpc) is 2.86. The van der Waals surface area contributed by atoms with Crippen molar-refractivity contribution in [3.8, 4) is 5.75 Å². The largest absolute Gasteiger partial charge is 0.494 e. The van der Waals surface area contributed by atoms with Crippen LogP contribution in [-0.2, 0) is 19.1 Å². The van der Waals surface area contributed by atoms with Crippen LogP contribution in [0.5, 0.6) is 5.75 Å². The van der Waals surface area contributed by atoms with Crippen LogP contribution in [0.3, 0.4) is 0 Å². The highest BCUT2D eigenvalue weighted by Crippen LogP contribution is 2.47. The standard InChI is InChI=1S/C29H33NO5/c1-4-33-15-16-35-29(32)26-19(3)30-23-17-21(20-11-7-6-8-12-20)18-24(31)28(23)27(26)22-13-9-10-14-25(22)34-5-2/h6-14,21,27,30H,4-5,15-18H2,1-3H3/t21-,27-/m0/s1. The van der Waals surface area contributed by atoms with Gasteiger partial charge in [0.25, 0.3) is 0 Å². The molecule has 0 spiro atoms. The Morgan fingerprint density at radius 1 is 0.971 bits per heavy atom. The van der Waals surface area contributed by atoms with Gasteiger partial charge in [-0.3, -0.25) is 4.79 Å². The number of allylic oxidation sites excluding steroid dienone is 3. The third-order valence-electron chi connectivity index (χ3n) is 6.51. The molecule has 2 aliphatic rings. The second-order valence-corrected chi connectivity index (χ2v) is 8.73. The number of Topliss-reactive ketones (excluding diaryl/α,β-unsaturated/α-hetero) is 1. The van der Waals surface area contributed by atoms with Crippen molar-refractivity contribution in [3.05, 3.63) is 88.3 Å². The summed E-state index contributed by atoms with van der Waals surface area (Å²) in [6.45, 7) is 7.20. The first-order chi connectivity index (χ1) is 17.0. The van der Waals surface area contributed by atoms with Crippen molar-refractivity contribution in [2.24, 2.45) is 0 Å². The van der Waals surface area contributed by atoms with Crippen LogP contribution in [0, 0.1) is 0 Å². The van der Waals surface area contributed by atoms with E-state index in [9.17, 15) is 9.59 Å². The molecule has 0 saturated carbocycles. The van der Waals surface area contributed by atoms with Crippen LogP contribution in [-0.4, -0.2) is 38.2 Å². The fourth-order valence-electron chi connectivity index (χ4n) is 5.00. The van der Waals surface area contributed by atoms with E-state index >= 15 is 0 Å². The number of dihydropyridines is 1. The molecule has 4 rings (SSSR count). The number of carbonyl (C=O) groups is 2. The number of carbonyl (C=O) groups excluding carboxylic acids is 2. The molecule has 0 radical (unpaired) electrons. The van der Waals surface area contributed by atoms with E-state index in [1.54, 1.807) is 0 Å². The number of esters is 1. The number of hydrogen-bond acceptors (Lipinski definition) is 6. The van der Waals surface area contributed by atoms with Gasteiger partial charge in [0.2, 0.25) is 0 Å².